The van der Waals surface area contributed by atoms with Crippen molar-refractivity contribution >= 4 is 9.84 Å². The molecule has 0 aliphatic rings. The highest BCUT2D eigenvalue weighted by Crippen LogP contribution is 1.99. The van der Waals surface area contributed by atoms with E-state index in [1.165, 1.54) is 0 Å². The van der Waals surface area contributed by atoms with Crippen LogP contribution in [0, 0.1) is 0 Å². The fourth-order valence-corrected chi connectivity index (χ4v) is 2.34. The number of aliphatic hydroxyl groups excluding tert-OH is 1. The lowest BCUT2D eigenvalue weighted by Crippen LogP contribution is -2.23. The van der Waals surface area contributed by atoms with E-state index in [1.54, 1.807) is 6.92 Å². The first-order valence-corrected chi connectivity index (χ1v) is 7.84. The molecule has 0 amide bonds. The van der Waals surface area contributed by atoms with Gasteiger partial charge in [0, 0.05) is 12.4 Å². The summed E-state index contributed by atoms with van der Waals surface area (Å²) < 4.78 is 22.5. The predicted molar refractivity (Wildman–Crippen MR) is 67.4 cm³/mol. The molecular weight excluding hydrogens is 226 g/mol. The maximum Gasteiger partial charge on any atom is 0.150 e. The number of nitrogens with zero attached hydrogens (tertiary/aromatic N) is 1. The smallest absolute Gasteiger partial charge is 0.150 e. The number of sulfone groups is 1. The zero-order valence-corrected chi connectivity index (χ0v) is 11.3. The fourth-order valence-electron chi connectivity index (χ4n) is 1.48. The molecule has 0 aromatic carbocycles. The quantitative estimate of drug-likeness (QED) is 0.586. The molecule has 0 atom stereocenters. The molecule has 98 valence electrons. The van der Waals surface area contributed by atoms with Crippen LogP contribution in [0.1, 0.15) is 32.6 Å². The first-order valence-electron chi connectivity index (χ1n) is 6.01. The van der Waals surface area contributed by atoms with Crippen LogP contribution in [0.3, 0.4) is 0 Å². The second kappa shape index (κ2) is 8.96. The SMILES string of the molecule is CCS(=O)(=O)CCCN(C)CCCCCO. The molecule has 1 N–H and O–H groups in total. The molecule has 0 rings (SSSR count). The molecule has 0 spiro atoms. The molecule has 0 heterocycles. The maximum absolute atomic E-state index is 11.2. The highest BCUT2D eigenvalue weighted by atomic mass is 32.2. The van der Waals surface area contributed by atoms with Gasteiger partial charge in [0.1, 0.15) is 9.84 Å². The summed E-state index contributed by atoms with van der Waals surface area (Å²) in [6.07, 6.45) is 3.68. The van der Waals surface area contributed by atoms with Crippen LogP contribution in [0.5, 0.6) is 0 Å². The van der Waals surface area contributed by atoms with E-state index in [4.69, 9.17) is 5.11 Å². The Morgan fingerprint density at radius 1 is 1.06 bits per heavy atom. The van der Waals surface area contributed by atoms with Gasteiger partial charge in [0.2, 0.25) is 0 Å². The van der Waals surface area contributed by atoms with Crippen LogP contribution < -0.4 is 0 Å². The zero-order chi connectivity index (χ0) is 12.4. The fraction of sp³-hybridized carbons (Fsp3) is 1.00. The van der Waals surface area contributed by atoms with Gasteiger partial charge in [-0.2, -0.15) is 0 Å². The number of aliphatic hydroxyl groups is 1. The summed E-state index contributed by atoms with van der Waals surface area (Å²) in [6, 6.07) is 0. The summed E-state index contributed by atoms with van der Waals surface area (Å²) in [5.74, 6) is 0.539. The van der Waals surface area contributed by atoms with Crippen LogP contribution in [-0.4, -0.2) is 56.7 Å². The molecule has 0 saturated heterocycles. The minimum Gasteiger partial charge on any atom is -0.396 e. The summed E-state index contributed by atoms with van der Waals surface area (Å²) in [5.41, 5.74) is 0. The predicted octanol–water partition coefficient (Wildman–Crippen LogP) is 0.906. The topological polar surface area (TPSA) is 57.6 Å². The summed E-state index contributed by atoms with van der Waals surface area (Å²) in [4.78, 5) is 2.16. The number of hydrogen-bond donors (Lipinski definition) is 1. The second-order valence-corrected chi connectivity index (χ2v) is 6.65. The maximum atomic E-state index is 11.2. The Bertz CT molecular complexity index is 252. The van der Waals surface area contributed by atoms with Gasteiger partial charge in [0.25, 0.3) is 0 Å². The van der Waals surface area contributed by atoms with Gasteiger partial charge in [-0.25, -0.2) is 8.42 Å². The lowest BCUT2D eigenvalue weighted by molar-refractivity contribution is 0.273. The van der Waals surface area contributed by atoms with Crippen molar-refractivity contribution in [1.82, 2.24) is 4.90 Å². The Labute approximate surface area is 99.6 Å². The van der Waals surface area contributed by atoms with Crippen LogP contribution in [-0.2, 0) is 9.84 Å². The number of rotatable bonds is 10. The Balaban J connectivity index is 3.47. The van der Waals surface area contributed by atoms with Crippen LogP contribution in [0.4, 0.5) is 0 Å². The van der Waals surface area contributed by atoms with E-state index in [1.807, 2.05) is 7.05 Å². The van der Waals surface area contributed by atoms with Gasteiger partial charge in [-0.1, -0.05) is 6.92 Å². The van der Waals surface area contributed by atoms with Gasteiger partial charge in [-0.3, -0.25) is 0 Å². The van der Waals surface area contributed by atoms with E-state index < -0.39 is 9.84 Å². The highest BCUT2D eigenvalue weighted by Gasteiger charge is 2.07. The van der Waals surface area contributed by atoms with Crippen molar-refractivity contribution in [3.05, 3.63) is 0 Å². The molecule has 0 aliphatic heterocycles. The van der Waals surface area contributed by atoms with Crippen molar-refractivity contribution < 1.29 is 13.5 Å². The summed E-state index contributed by atoms with van der Waals surface area (Å²) >= 11 is 0. The normalized spacial score (nSPS) is 12.2. The average Bonchev–Trinajstić information content (AvgIpc) is 2.24. The van der Waals surface area contributed by atoms with Crippen LogP contribution >= 0.6 is 0 Å². The van der Waals surface area contributed by atoms with Gasteiger partial charge in [0.05, 0.1) is 5.75 Å². The number of hydrogen-bond acceptors (Lipinski definition) is 4. The first kappa shape index (κ1) is 15.9. The minimum atomic E-state index is -2.80. The molecule has 0 aliphatic carbocycles. The van der Waals surface area contributed by atoms with Gasteiger partial charge in [-0.15, -0.1) is 0 Å². The van der Waals surface area contributed by atoms with Crippen LogP contribution in [0.15, 0.2) is 0 Å². The molecule has 0 unspecified atom stereocenters. The Morgan fingerprint density at radius 3 is 2.25 bits per heavy atom. The largest absolute Gasteiger partial charge is 0.396 e. The van der Waals surface area contributed by atoms with Crippen molar-refractivity contribution in [3.8, 4) is 0 Å². The first-order chi connectivity index (χ1) is 7.52. The summed E-state index contributed by atoms with van der Waals surface area (Å²) in [6.45, 7) is 3.76. The lowest BCUT2D eigenvalue weighted by Gasteiger charge is -2.15. The van der Waals surface area contributed by atoms with Crippen molar-refractivity contribution in [1.29, 1.82) is 0 Å². The molecule has 16 heavy (non-hydrogen) atoms. The van der Waals surface area contributed by atoms with E-state index in [-0.39, 0.29) is 12.4 Å². The van der Waals surface area contributed by atoms with E-state index >= 15 is 0 Å². The van der Waals surface area contributed by atoms with E-state index in [9.17, 15) is 8.42 Å². The molecular formula is C11H25NO3S. The van der Waals surface area contributed by atoms with E-state index in [0.717, 1.165) is 32.4 Å². The van der Waals surface area contributed by atoms with Gasteiger partial charge in [0.15, 0.2) is 0 Å². The Kier molecular flexibility index (Phi) is 8.89. The molecule has 0 bridgehead atoms. The van der Waals surface area contributed by atoms with Crippen molar-refractivity contribution in [2.24, 2.45) is 0 Å². The second-order valence-electron chi connectivity index (χ2n) is 4.18. The van der Waals surface area contributed by atoms with Gasteiger partial charge >= 0.3 is 0 Å². The summed E-state index contributed by atoms with van der Waals surface area (Å²) in [5, 5.41) is 8.61. The number of unbranched alkanes of at least 4 members (excludes halogenated alkanes) is 2. The zero-order valence-electron chi connectivity index (χ0n) is 10.5. The Hall–Kier alpha value is -0.130. The van der Waals surface area contributed by atoms with Crippen molar-refractivity contribution in [3.63, 3.8) is 0 Å². The lowest BCUT2D eigenvalue weighted by atomic mass is 10.2. The minimum absolute atomic E-state index is 0.243. The van der Waals surface area contributed by atoms with Gasteiger partial charge in [-0.05, 0) is 45.8 Å². The van der Waals surface area contributed by atoms with Crippen LogP contribution in [0.25, 0.3) is 0 Å². The molecule has 0 radical (unpaired) electrons. The third-order valence-electron chi connectivity index (χ3n) is 2.63. The average molecular weight is 251 g/mol. The van der Waals surface area contributed by atoms with Crippen molar-refractivity contribution in [2.45, 2.75) is 32.6 Å². The Morgan fingerprint density at radius 2 is 1.69 bits per heavy atom. The molecule has 5 heteroatoms. The third-order valence-corrected chi connectivity index (χ3v) is 4.42. The molecule has 0 aromatic rings. The molecule has 0 saturated carbocycles. The van der Waals surface area contributed by atoms with Crippen LogP contribution in [0.2, 0.25) is 0 Å². The summed E-state index contributed by atoms with van der Waals surface area (Å²) in [7, 11) is -0.793. The third kappa shape index (κ3) is 9.12. The molecule has 0 fully saturated rings. The standard InChI is InChI=1S/C11H25NO3S/c1-3-16(14,15)11-7-9-12(2)8-5-4-6-10-13/h13H,3-11H2,1-2H3. The molecule has 4 nitrogen and oxygen atoms in total. The van der Waals surface area contributed by atoms with Crippen molar-refractivity contribution in [2.75, 3.05) is 38.2 Å². The van der Waals surface area contributed by atoms with E-state index in [0.29, 0.717) is 12.2 Å². The molecule has 0 aromatic heterocycles. The van der Waals surface area contributed by atoms with E-state index in [2.05, 4.69) is 4.90 Å². The monoisotopic (exact) mass is 251 g/mol. The highest BCUT2D eigenvalue weighted by molar-refractivity contribution is 7.91. The van der Waals surface area contributed by atoms with Gasteiger partial charge < -0.3 is 10.0 Å².